The maximum absolute atomic E-state index is 8.88. The molecule has 0 bridgehead atoms. The van der Waals surface area contributed by atoms with Gasteiger partial charge in [0.05, 0.1) is 0 Å². The van der Waals surface area contributed by atoms with Crippen LogP contribution in [0.2, 0.25) is 0 Å². The van der Waals surface area contributed by atoms with Crippen molar-refractivity contribution in [1.82, 2.24) is 0 Å². The van der Waals surface area contributed by atoms with E-state index in [1.807, 2.05) is 0 Å². The minimum atomic E-state index is -4.67. The van der Waals surface area contributed by atoms with Crippen molar-refractivity contribution in [2.75, 3.05) is 0 Å². The quantitative estimate of drug-likeness (QED) is 0.170. The molecule has 0 amide bonds. The van der Waals surface area contributed by atoms with E-state index in [1.165, 1.54) is 0 Å². The van der Waals surface area contributed by atoms with Crippen molar-refractivity contribution >= 4 is 18.2 Å². The van der Waals surface area contributed by atoms with Gasteiger partial charge in [-0.05, 0) is 0 Å². The molecule has 0 atom stereocenters. The van der Waals surface area contributed by atoms with Gasteiger partial charge in [-0.25, -0.2) is 4.57 Å². The summed E-state index contributed by atoms with van der Waals surface area (Å²) in [4.78, 5) is 21.6. The number of hydrogen-bond acceptors (Lipinski definition) is 3. The van der Waals surface area contributed by atoms with Gasteiger partial charge in [0.15, 0.2) is 0 Å². The Hall–Kier alpha value is 2.14. The normalized spacial score (nSPS) is 9.75. The summed E-state index contributed by atoms with van der Waals surface area (Å²) in [5.74, 6) is 0. The van der Waals surface area contributed by atoms with E-state index in [0.29, 0.717) is 0 Å². The fourth-order valence-corrected chi connectivity index (χ4v) is 0. The van der Waals surface area contributed by atoms with Crippen LogP contribution in [-0.4, -0.2) is 32.2 Å². The number of hydrogen-bond donors (Lipinski definition) is 5. The minimum absolute atomic E-state index is 0. The molecule has 0 aliphatic heterocycles. The average Bonchev–Trinajstić information content (AvgIpc) is 1.12. The molecule has 0 spiro atoms. The zero-order chi connectivity index (χ0) is 9.00. The maximum atomic E-state index is 8.88. The molecule has 0 heterocycles. The van der Waals surface area contributed by atoms with E-state index in [4.69, 9.17) is 36.8 Å². The van der Waals surface area contributed by atoms with E-state index in [1.54, 1.807) is 0 Å². The topological polar surface area (TPSA) is 152 Å². The first-order valence-electron chi connectivity index (χ1n) is 1.48. The van der Waals surface area contributed by atoms with E-state index in [0.717, 1.165) is 0 Å². The molecule has 12 heteroatoms. The summed E-state index contributed by atoms with van der Waals surface area (Å²) in [6.07, 6.45) is 0. The molecule has 0 aromatic heterocycles. The van der Waals surface area contributed by atoms with Crippen molar-refractivity contribution in [1.29, 1.82) is 0 Å². The van der Waals surface area contributed by atoms with Gasteiger partial charge in [-0.1, -0.05) is 0 Å². The number of rotatable bonds is 0. The average molecular weight is 300 g/mol. The van der Waals surface area contributed by atoms with Gasteiger partial charge in [0.25, 0.3) is 0 Å². The molecule has 0 unspecified atom stereocenters. The van der Waals surface area contributed by atoms with Crippen molar-refractivity contribution < 1.29 is 107 Å². The first-order chi connectivity index (χ1) is 4.00. The van der Waals surface area contributed by atoms with Gasteiger partial charge in [0, 0.05) is 17.1 Å². The molecule has 0 aliphatic carbocycles. The van der Waals surface area contributed by atoms with Crippen molar-refractivity contribution in [2.45, 2.75) is 0 Å². The molecule has 1 radical (unpaired) electrons. The summed E-state index contributed by atoms with van der Waals surface area (Å²) < 4.78 is 40.5. The van der Waals surface area contributed by atoms with Crippen molar-refractivity contribution in [3.8, 4) is 0 Å². The van der Waals surface area contributed by atoms with Crippen LogP contribution >= 0.6 is 7.82 Å². The third kappa shape index (κ3) is 330. The van der Waals surface area contributed by atoms with Crippen LogP contribution in [0, 0.1) is 0 Å². The van der Waals surface area contributed by atoms with Crippen LogP contribution in [0.15, 0.2) is 0 Å². The third-order valence-corrected chi connectivity index (χ3v) is 0. The number of phosphoric acid groups is 1. The molecule has 0 aliphatic rings. The predicted molar refractivity (Wildman–Crippen MR) is 29.6 cm³/mol. The van der Waals surface area contributed by atoms with Crippen LogP contribution in [-0.2, 0) is 32.0 Å². The van der Waals surface area contributed by atoms with Gasteiger partial charge in [-0.15, -0.1) is 0 Å². The Bertz CT molecular complexity index is 202. The smallest absolute Gasteiger partial charge is 1.00 e. The second kappa shape index (κ2) is 9.68. The van der Waals surface area contributed by atoms with Crippen molar-refractivity contribution in [3.05, 3.63) is 0 Å². The van der Waals surface area contributed by atoms with Gasteiger partial charge in [-0.2, -0.15) is 8.42 Å². The molecule has 0 aromatic rings. The Morgan fingerprint density at radius 1 is 1.08 bits per heavy atom. The summed E-state index contributed by atoms with van der Waals surface area (Å²) >= 11 is 0. The van der Waals surface area contributed by atoms with Crippen LogP contribution in [0.3, 0.4) is 0 Å². The SMILES string of the molecule is O=P(O)(O)O.O=S(=O)(O)O.[Cu].[H-].[K+]. The molecular formula is H6CuKO8PS. The summed E-state index contributed by atoms with van der Waals surface area (Å²) in [5, 5.41) is 0. The zero-order valence-electron chi connectivity index (χ0n) is 6.62. The van der Waals surface area contributed by atoms with Crippen LogP contribution in [0.1, 0.15) is 1.43 Å². The van der Waals surface area contributed by atoms with Crippen molar-refractivity contribution in [3.63, 3.8) is 0 Å². The van der Waals surface area contributed by atoms with E-state index < -0.39 is 18.2 Å². The molecule has 0 rings (SSSR count). The van der Waals surface area contributed by atoms with Gasteiger partial charge in [0.2, 0.25) is 0 Å². The minimum Gasteiger partial charge on any atom is -1.00 e. The Labute approximate surface area is 123 Å². The molecular weight excluding hydrogens is 294 g/mol. The molecule has 0 saturated heterocycles. The largest absolute Gasteiger partial charge is 1.00 e. The molecule has 0 saturated carbocycles. The van der Waals surface area contributed by atoms with Gasteiger partial charge < -0.3 is 16.1 Å². The maximum Gasteiger partial charge on any atom is 1.00 e. The Morgan fingerprint density at radius 3 is 1.08 bits per heavy atom. The Morgan fingerprint density at radius 2 is 1.08 bits per heavy atom. The van der Waals surface area contributed by atoms with Crippen LogP contribution < -0.4 is 51.4 Å². The summed E-state index contributed by atoms with van der Waals surface area (Å²) in [6, 6.07) is 0. The third-order valence-electron chi connectivity index (χ3n) is 0. The summed E-state index contributed by atoms with van der Waals surface area (Å²) in [5.41, 5.74) is 0. The monoisotopic (exact) mass is 299 g/mol. The molecule has 12 heavy (non-hydrogen) atoms. The summed E-state index contributed by atoms with van der Waals surface area (Å²) in [6.45, 7) is 0. The standard InChI is InChI=1S/Cu.K.H3O4P.H2O4S.H/c;;2*1-5(2,3)4;/h;;(H3,1,2,3,4);(H2,1,2,3,4);/q;+1;;;-1. The second-order valence-corrected chi connectivity index (χ2v) is 2.88. The first kappa shape index (κ1) is 23.7. The summed E-state index contributed by atoms with van der Waals surface area (Å²) in [7, 11) is -9.31. The van der Waals surface area contributed by atoms with E-state index in [2.05, 4.69) is 0 Å². The molecule has 77 valence electrons. The molecule has 5 N–H and O–H groups in total. The first-order valence-corrected chi connectivity index (χ1v) is 4.44. The van der Waals surface area contributed by atoms with Crippen LogP contribution in [0.25, 0.3) is 0 Å². The Balaban J connectivity index is -0.0000000267. The van der Waals surface area contributed by atoms with Crippen molar-refractivity contribution in [2.24, 2.45) is 0 Å². The van der Waals surface area contributed by atoms with Crippen LogP contribution in [0.5, 0.6) is 0 Å². The van der Waals surface area contributed by atoms with Gasteiger partial charge in [0.1, 0.15) is 0 Å². The van der Waals surface area contributed by atoms with E-state index >= 15 is 0 Å². The fraction of sp³-hybridized carbons (Fsp3) is 0. The zero-order valence-corrected chi connectivity index (χ0v) is 11.4. The molecule has 0 aromatic carbocycles. The van der Waals surface area contributed by atoms with E-state index in [-0.39, 0.29) is 69.9 Å². The van der Waals surface area contributed by atoms with E-state index in [9.17, 15) is 0 Å². The predicted octanol–water partition coefficient (Wildman–Crippen LogP) is -4.47. The Kier molecular flexibility index (Phi) is 19.2. The fourth-order valence-electron chi connectivity index (χ4n) is 0. The molecule has 8 nitrogen and oxygen atoms in total. The molecule has 0 fully saturated rings. The second-order valence-electron chi connectivity index (χ2n) is 0.961. The van der Waals surface area contributed by atoms with Gasteiger partial charge >= 0.3 is 69.6 Å². The van der Waals surface area contributed by atoms with Crippen LogP contribution in [0.4, 0.5) is 0 Å². The van der Waals surface area contributed by atoms with Gasteiger partial charge in [-0.3, -0.25) is 9.11 Å².